The van der Waals surface area contributed by atoms with E-state index in [1.54, 1.807) is 4.90 Å². The number of hydrogen-bond acceptors (Lipinski definition) is 7. The van der Waals surface area contributed by atoms with Gasteiger partial charge in [0.15, 0.2) is 0 Å². The predicted molar refractivity (Wildman–Crippen MR) is 175 cm³/mol. The van der Waals surface area contributed by atoms with E-state index in [9.17, 15) is 4.79 Å². The van der Waals surface area contributed by atoms with Crippen molar-refractivity contribution >= 4 is 45.7 Å². The Labute approximate surface area is 273 Å². The topological polar surface area (TPSA) is 75.4 Å². The van der Waals surface area contributed by atoms with Gasteiger partial charge in [-0.05, 0) is 55.8 Å². The Kier molecular flexibility index (Phi) is 8.34. The van der Waals surface area contributed by atoms with Crippen LogP contribution in [-0.4, -0.2) is 83.1 Å². The number of piperazine rings is 1. The van der Waals surface area contributed by atoms with Gasteiger partial charge >= 0.3 is 6.01 Å². The van der Waals surface area contributed by atoms with E-state index in [1.165, 1.54) is 12.8 Å². The highest BCUT2D eigenvalue weighted by Gasteiger charge is 2.45. The summed E-state index contributed by atoms with van der Waals surface area (Å²) in [5.41, 5.74) is 2.89. The molecule has 45 heavy (non-hydrogen) atoms. The van der Waals surface area contributed by atoms with E-state index in [0.717, 1.165) is 59.3 Å². The zero-order valence-electron chi connectivity index (χ0n) is 25.2. The van der Waals surface area contributed by atoms with E-state index < -0.39 is 0 Å². The minimum Gasteiger partial charge on any atom is -0.461 e. The summed E-state index contributed by atoms with van der Waals surface area (Å²) in [6.45, 7) is 15.8. The van der Waals surface area contributed by atoms with Crippen molar-refractivity contribution in [3.8, 4) is 6.01 Å². The van der Waals surface area contributed by atoms with Crippen LogP contribution in [0.3, 0.4) is 0 Å². The standard InChI is InChI=1S/C34H36Cl2N6O3/c1-22(35)32(43)42-16-15-40(19-24(42)18-37-2)31-26-20-44-29(25-9-3-7-23-8-4-10-27(36)30(23)25)17-28(26)38-33(39-31)45-21-34-11-5-13-41(34)14-6-12-34/h3-4,7-10,24,29H,1,5-6,11-21H2/t24-,29?/m0/s1. The largest absolute Gasteiger partial charge is 0.461 e. The summed E-state index contributed by atoms with van der Waals surface area (Å²) in [4.78, 5) is 32.8. The molecule has 4 aliphatic rings. The van der Waals surface area contributed by atoms with Crippen LogP contribution in [0.5, 0.6) is 6.01 Å². The number of ether oxygens (including phenoxy) is 2. The van der Waals surface area contributed by atoms with Gasteiger partial charge in [0.05, 0.1) is 29.0 Å². The number of hydrogen-bond donors (Lipinski definition) is 0. The number of fused-ring (bicyclic) bond motifs is 3. The molecule has 2 atom stereocenters. The first-order valence-electron chi connectivity index (χ1n) is 15.7. The van der Waals surface area contributed by atoms with Crippen molar-refractivity contribution in [1.82, 2.24) is 19.8 Å². The van der Waals surface area contributed by atoms with Crippen molar-refractivity contribution in [2.45, 2.75) is 56.4 Å². The van der Waals surface area contributed by atoms with E-state index in [-0.39, 0.29) is 35.2 Å². The summed E-state index contributed by atoms with van der Waals surface area (Å²) in [5.74, 6) is 0.402. The van der Waals surface area contributed by atoms with Crippen LogP contribution in [0.25, 0.3) is 15.6 Å². The lowest BCUT2D eigenvalue weighted by Crippen LogP contribution is -2.57. The lowest BCUT2D eigenvalue weighted by atomic mass is 9.94. The molecule has 3 saturated heterocycles. The second-order valence-corrected chi connectivity index (χ2v) is 13.4. The number of nitrogens with zero attached hydrogens (tertiary/aromatic N) is 6. The highest BCUT2D eigenvalue weighted by atomic mass is 35.5. The molecule has 1 amide bonds. The fourth-order valence-electron chi connectivity index (χ4n) is 7.74. The molecule has 7 rings (SSSR count). The van der Waals surface area contributed by atoms with E-state index in [1.807, 2.05) is 18.2 Å². The fraction of sp³-hybridized carbons (Fsp3) is 0.471. The molecule has 1 aromatic heterocycles. The molecule has 234 valence electrons. The lowest BCUT2D eigenvalue weighted by Gasteiger charge is -2.41. The van der Waals surface area contributed by atoms with Crippen molar-refractivity contribution in [3.05, 3.63) is 81.3 Å². The third-order valence-electron chi connectivity index (χ3n) is 9.95. The van der Waals surface area contributed by atoms with Crippen LogP contribution in [-0.2, 0) is 22.6 Å². The predicted octanol–water partition coefficient (Wildman–Crippen LogP) is 5.79. The number of carbonyl (C=O) groups is 1. The lowest BCUT2D eigenvalue weighted by molar-refractivity contribution is -0.128. The average molecular weight is 648 g/mol. The molecule has 0 bridgehead atoms. The summed E-state index contributed by atoms with van der Waals surface area (Å²) < 4.78 is 13.0. The molecule has 5 heterocycles. The van der Waals surface area contributed by atoms with E-state index >= 15 is 0 Å². The van der Waals surface area contributed by atoms with Crippen LogP contribution in [0, 0.1) is 6.57 Å². The molecule has 3 fully saturated rings. The zero-order chi connectivity index (χ0) is 31.1. The number of carbonyl (C=O) groups excluding carboxylic acids is 1. The maximum atomic E-state index is 12.8. The number of halogens is 2. The Bertz CT molecular complexity index is 1680. The Hall–Kier alpha value is -3.42. The monoisotopic (exact) mass is 646 g/mol. The van der Waals surface area contributed by atoms with Gasteiger partial charge in [-0.1, -0.05) is 60.1 Å². The van der Waals surface area contributed by atoms with E-state index in [0.29, 0.717) is 50.3 Å². The van der Waals surface area contributed by atoms with Gasteiger partial charge in [0, 0.05) is 42.0 Å². The van der Waals surface area contributed by atoms with Crippen LogP contribution < -0.4 is 9.64 Å². The first-order valence-corrected chi connectivity index (χ1v) is 16.4. The van der Waals surface area contributed by atoms with E-state index in [4.69, 9.17) is 49.2 Å². The molecule has 1 unspecified atom stereocenters. The molecule has 0 saturated carbocycles. The van der Waals surface area contributed by atoms with Crippen molar-refractivity contribution < 1.29 is 14.3 Å². The van der Waals surface area contributed by atoms with Crippen LogP contribution in [0.2, 0.25) is 5.02 Å². The number of amides is 1. The van der Waals surface area contributed by atoms with E-state index in [2.05, 4.69) is 39.4 Å². The normalized spacial score (nSPS) is 22.6. The Morgan fingerprint density at radius 3 is 2.67 bits per heavy atom. The van der Waals surface area contributed by atoms with Gasteiger partial charge in [-0.15, -0.1) is 0 Å². The van der Waals surface area contributed by atoms with Gasteiger partial charge in [-0.25, -0.2) is 6.57 Å². The van der Waals surface area contributed by atoms with Crippen molar-refractivity contribution in [2.24, 2.45) is 0 Å². The first-order chi connectivity index (χ1) is 21.9. The number of rotatable bonds is 7. The van der Waals surface area contributed by atoms with Crippen LogP contribution in [0.15, 0.2) is 48.0 Å². The molecule has 2 aromatic carbocycles. The summed E-state index contributed by atoms with van der Waals surface area (Å²) in [5, 5.41) is 2.70. The SMILES string of the molecule is [C-]#[N+]C[C@H]1CN(c2nc(OCC34CCCN3CCC4)nc3c2COC(c2cccc4cccc(Cl)c24)C3)CCN1C(=O)C(=C)Cl. The Morgan fingerprint density at radius 2 is 1.91 bits per heavy atom. The maximum Gasteiger partial charge on any atom is 0.318 e. The summed E-state index contributed by atoms with van der Waals surface area (Å²) in [7, 11) is 0. The molecule has 0 spiro atoms. The van der Waals surface area contributed by atoms with Gasteiger partial charge in [0.25, 0.3) is 5.91 Å². The van der Waals surface area contributed by atoms with Crippen LogP contribution >= 0.6 is 23.2 Å². The van der Waals surface area contributed by atoms with Gasteiger partial charge in [-0.2, -0.15) is 9.97 Å². The summed E-state index contributed by atoms with van der Waals surface area (Å²) in [6.07, 6.45) is 4.93. The Balaban J connectivity index is 1.23. The molecular weight excluding hydrogens is 611 g/mol. The molecule has 0 radical (unpaired) electrons. The second kappa shape index (κ2) is 12.4. The quantitative estimate of drug-likeness (QED) is 0.237. The molecular formula is C34H36Cl2N6O3. The minimum atomic E-state index is -0.353. The number of aromatic nitrogens is 2. The smallest absolute Gasteiger partial charge is 0.318 e. The van der Waals surface area contributed by atoms with Gasteiger partial charge < -0.3 is 24.1 Å². The average Bonchev–Trinajstić information content (AvgIpc) is 3.63. The molecule has 0 aliphatic carbocycles. The number of anilines is 1. The van der Waals surface area contributed by atoms with Crippen molar-refractivity contribution in [3.63, 3.8) is 0 Å². The van der Waals surface area contributed by atoms with Crippen molar-refractivity contribution in [2.75, 3.05) is 50.8 Å². The molecule has 11 heteroatoms. The van der Waals surface area contributed by atoms with Gasteiger partial charge in [0.2, 0.25) is 6.54 Å². The first kappa shape index (κ1) is 30.2. The molecule has 3 aromatic rings. The molecule has 9 nitrogen and oxygen atoms in total. The molecule has 0 N–H and O–H groups in total. The second-order valence-electron chi connectivity index (χ2n) is 12.5. The van der Waals surface area contributed by atoms with Crippen LogP contribution in [0.4, 0.5) is 5.82 Å². The number of benzene rings is 2. The molecule has 4 aliphatic heterocycles. The van der Waals surface area contributed by atoms with Crippen molar-refractivity contribution in [1.29, 1.82) is 0 Å². The fourth-order valence-corrected chi connectivity index (χ4v) is 8.14. The highest BCUT2D eigenvalue weighted by molar-refractivity contribution is 6.41. The summed E-state index contributed by atoms with van der Waals surface area (Å²) in [6, 6.07) is 12.1. The third-order valence-corrected chi connectivity index (χ3v) is 10.4. The third kappa shape index (κ3) is 5.63. The summed E-state index contributed by atoms with van der Waals surface area (Å²) >= 11 is 12.7. The Morgan fingerprint density at radius 1 is 1.13 bits per heavy atom. The minimum absolute atomic E-state index is 0.0474. The van der Waals surface area contributed by atoms with Crippen LogP contribution in [0.1, 0.15) is 48.6 Å². The van der Waals surface area contributed by atoms with Gasteiger partial charge in [0.1, 0.15) is 18.5 Å². The maximum absolute atomic E-state index is 12.8. The highest BCUT2D eigenvalue weighted by Crippen LogP contribution is 2.41. The zero-order valence-corrected chi connectivity index (χ0v) is 26.7. The van der Waals surface area contributed by atoms with Gasteiger partial charge in [-0.3, -0.25) is 9.69 Å².